The van der Waals surface area contributed by atoms with Crippen LogP contribution in [-0.2, 0) is 9.84 Å². The number of carboxylic acid groups (broad SMARTS) is 1. The standard InChI is InChI=1S/C13H12N2O5S2/c1-7-11(6-21-15-7)12(16)14-9-3-8(13(17)18)4-10(5-9)22(2,19)20/h3-6H,1-2H3,(H,14,16)(H,17,18). The minimum Gasteiger partial charge on any atom is -0.478 e. The van der Waals surface area contributed by atoms with Crippen LogP contribution in [0.1, 0.15) is 26.4 Å². The van der Waals surface area contributed by atoms with Gasteiger partial charge in [-0.05, 0) is 36.7 Å². The molecule has 9 heteroatoms. The summed E-state index contributed by atoms with van der Waals surface area (Å²) in [6.45, 7) is 1.67. The molecule has 7 nitrogen and oxygen atoms in total. The number of benzene rings is 1. The van der Waals surface area contributed by atoms with E-state index in [1.807, 2.05) is 0 Å². The van der Waals surface area contributed by atoms with Crippen LogP contribution in [0.5, 0.6) is 0 Å². The van der Waals surface area contributed by atoms with Gasteiger partial charge in [0, 0.05) is 17.3 Å². The van der Waals surface area contributed by atoms with E-state index >= 15 is 0 Å². The second-order valence-corrected chi connectivity index (χ2v) is 7.24. The van der Waals surface area contributed by atoms with Gasteiger partial charge in [-0.2, -0.15) is 4.37 Å². The van der Waals surface area contributed by atoms with Crippen LogP contribution in [0.3, 0.4) is 0 Å². The highest BCUT2D eigenvalue weighted by atomic mass is 32.2. The predicted molar refractivity (Wildman–Crippen MR) is 81.3 cm³/mol. The van der Waals surface area contributed by atoms with Gasteiger partial charge in [0.15, 0.2) is 9.84 Å². The summed E-state index contributed by atoms with van der Waals surface area (Å²) in [5, 5.41) is 13.1. The summed E-state index contributed by atoms with van der Waals surface area (Å²) in [5.74, 6) is -1.76. The average molecular weight is 340 g/mol. The van der Waals surface area contributed by atoms with E-state index in [9.17, 15) is 18.0 Å². The van der Waals surface area contributed by atoms with Gasteiger partial charge < -0.3 is 10.4 Å². The number of anilines is 1. The molecule has 1 aromatic carbocycles. The Hall–Kier alpha value is -2.26. The van der Waals surface area contributed by atoms with Crippen molar-refractivity contribution in [3.05, 3.63) is 40.4 Å². The van der Waals surface area contributed by atoms with E-state index < -0.39 is 21.7 Å². The van der Waals surface area contributed by atoms with Crippen LogP contribution in [0.2, 0.25) is 0 Å². The van der Waals surface area contributed by atoms with Gasteiger partial charge in [-0.15, -0.1) is 0 Å². The molecule has 22 heavy (non-hydrogen) atoms. The predicted octanol–water partition coefficient (Wildman–Crippen LogP) is 1.81. The minimum atomic E-state index is -3.60. The van der Waals surface area contributed by atoms with Gasteiger partial charge in [0.25, 0.3) is 5.91 Å². The van der Waals surface area contributed by atoms with Gasteiger partial charge >= 0.3 is 5.97 Å². The molecule has 2 aromatic rings. The molecule has 0 radical (unpaired) electrons. The van der Waals surface area contributed by atoms with E-state index in [2.05, 4.69) is 9.69 Å². The topological polar surface area (TPSA) is 113 Å². The molecule has 1 heterocycles. The highest BCUT2D eigenvalue weighted by molar-refractivity contribution is 7.90. The molecule has 0 aliphatic heterocycles. The highest BCUT2D eigenvalue weighted by Crippen LogP contribution is 2.21. The first-order valence-electron chi connectivity index (χ1n) is 5.99. The average Bonchev–Trinajstić information content (AvgIpc) is 2.83. The van der Waals surface area contributed by atoms with Crippen molar-refractivity contribution in [1.82, 2.24) is 4.37 Å². The zero-order valence-electron chi connectivity index (χ0n) is 11.7. The molecular formula is C13H12N2O5S2. The Balaban J connectivity index is 2.43. The SMILES string of the molecule is Cc1nscc1C(=O)Nc1cc(C(=O)O)cc(S(C)(=O)=O)c1. The number of aromatic nitrogens is 1. The lowest BCUT2D eigenvalue weighted by molar-refractivity contribution is 0.0696. The number of carbonyl (C=O) groups excluding carboxylic acids is 1. The fourth-order valence-electron chi connectivity index (χ4n) is 1.72. The summed E-state index contributed by atoms with van der Waals surface area (Å²) in [7, 11) is -3.60. The molecule has 2 N–H and O–H groups in total. The van der Waals surface area contributed by atoms with E-state index in [-0.39, 0.29) is 16.1 Å². The molecule has 0 spiro atoms. The maximum atomic E-state index is 12.1. The first-order valence-corrected chi connectivity index (χ1v) is 8.72. The maximum absolute atomic E-state index is 12.1. The fraction of sp³-hybridized carbons (Fsp3) is 0.154. The molecule has 1 amide bonds. The van der Waals surface area contributed by atoms with Gasteiger partial charge in [0.1, 0.15) is 0 Å². The van der Waals surface area contributed by atoms with Crippen LogP contribution in [-0.4, -0.2) is 36.0 Å². The van der Waals surface area contributed by atoms with Crippen molar-refractivity contribution in [1.29, 1.82) is 0 Å². The summed E-state index contributed by atoms with van der Waals surface area (Å²) in [4.78, 5) is 23.0. The highest BCUT2D eigenvalue weighted by Gasteiger charge is 2.16. The van der Waals surface area contributed by atoms with Gasteiger partial charge in [0.2, 0.25) is 0 Å². The molecule has 0 aliphatic rings. The Bertz CT molecular complexity index is 855. The largest absolute Gasteiger partial charge is 0.478 e. The number of nitrogens with one attached hydrogen (secondary N) is 1. The van der Waals surface area contributed by atoms with Crippen molar-refractivity contribution < 1.29 is 23.1 Å². The molecule has 116 valence electrons. The van der Waals surface area contributed by atoms with Crippen LogP contribution in [0, 0.1) is 6.92 Å². The maximum Gasteiger partial charge on any atom is 0.335 e. The molecule has 0 saturated carbocycles. The smallest absolute Gasteiger partial charge is 0.335 e. The van der Waals surface area contributed by atoms with E-state index in [0.717, 1.165) is 23.9 Å². The summed E-state index contributed by atoms with van der Waals surface area (Å²) in [6.07, 6.45) is 0.965. The normalized spacial score (nSPS) is 11.2. The zero-order valence-corrected chi connectivity index (χ0v) is 13.3. The Morgan fingerprint density at radius 1 is 1.27 bits per heavy atom. The lowest BCUT2D eigenvalue weighted by Gasteiger charge is -2.08. The quantitative estimate of drug-likeness (QED) is 0.877. The number of hydrogen-bond acceptors (Lipinski definition) is 6. The Kier molecular flexibility index (Phi) is 4.29. The molecule has 0 atom stereocenters. The van der Waals surface area contributed by atoms with Gasteiger partial charge in [-0.3, -0.25) is 4.79 Å². The first-order chi connectivity index (χ1) is 10.2. The monoisotopic (exact) mass is 340 g/mol. The van der Waals surface area contributed by atoms with Crippen LogP contribution in [0.4, 0.5) is 5.69 Å². The van der Waals surface area contributed by atoms with Crippen molar-refractivity contribution in [2.75, 3.05) is 11.6 Å². The van der Waals surface area contributed by atoms with Crippen molar-refractivity contribution >= 4 is 38.9 Å². The van der Waals surface area contributed by atoms with E-state index in [4.69, 9.17) is 5.11 Å². The van der Waals surface area contributed by atoms with Gasteiger partial charge in [0.05, 0.1) is 21.7 Å². The third-order valence-electron chi connectivity index (χ3n) is 2.83. The van der Waals surface area contributed by atoms with Crippen LogP contribution in [0.25, 0.3) is 0 Å². The third-order valence-corrected chi connectivity index (χ3v) is 4.65. The van der Waals surface area contributed by atoms with Crippen molar-refractivity contribution in [3.63, 3.8) is 0 Å². The van der Waals surface area contributed by atoms with E-state index in [1.165, 1.54) is 12.1 Å². The Morgan fingerprint density at radius 3 is 2.45 bits per heavy atom. The molecule has 0 bridgehead atoms. The molecule has 0 saturated heterocycles. The first kappa shape index (κ1) is 16.1. The van der Waals surface area contributed by atoms with Crippen LogP contribution in [0.15, 0.2) is 28.5 Å². The van der Waals surface area contributed by atoms with Gasteiger partial charge in [-0.25, -0.2) is 13.2 Å². The second kappa shape index (κ2) is 5.85. The van der Waals surface area contributed by atoms with E-state index in [1.54, 1.807) is 12.3 Å². The summed E-state index contributed by atoms with van der Waals surface area (Å²) < 4.78 is 27.2. The van der Waals surface area contributed by atoms with Crippen molar-refractivity contribution in [3.8, 4) is 0 Å². The third kappa shape index (κ3) is 3.49. The number of aryl methyl sites for hydroxylation is 1. The fourth-order valence-corrected chi connectivity index (χ4v) is 3.09. The lowest BCUT2D eigenvalue weighted by atomic mass is 10.2. The molecule has 0 aliphatic carbocycles. The van der Waals surface area contributed by atoms with Gasteiger partial charge in [-0.1, -0.05) is 0 Å². The second-order valence-electron chi connectivity index (χ2n) is 4.59. The summed E-state index contributed by atoms with van der Waals surface area (Å²) in [6, 6.07) is 3.46. The zero-order chi connectivity index (χ0) is 16.5. The number of rotatable bonds is 4. The molecular weight excluding hydrogens is 328 g/mol. The minimum absolute atomic E-state index is 0.0934. The van der Waals surface area contributed by atoms with Crippen LogP contribution < -0.4 is 5.32 Å². The Labute approximate surface area is 130 Å². The number of sulfone groups is 1. The molecule has 2 rings (SSSR count). The number of carboxylic acids is 1. The van der Waals surface area contributed by atoms with Crippen LogP contribution >= 0.6 is 11.5 Å². The molecule has 0 unspecified atom stereocenters. The number of amides is 1. The lowest BCUT2D eigenvalue weighted by Crippen LogP contribution is -2.14. The number of nitrogens with zero attached hydrogens (tertiary/aromatic N) is 1. The number of hydrogen-bond donors (Lipinski definition) is 2. The Morgan fingerprint density at radius 2 is 1.95 bits per heavy atom. The van der Waals surface area contributed by atoms with E-state index in [0.29, 0.717) is 11.3 Å². The summed E-state index contributed by atoms with van der Waals surface area (Å²) >= 11 is 1.12. The summed E-state index contributed by atoms with van der Waals surface area (Å²) in [5.41, 5.74) is 0.765. The molecule has 0 fully saturated rings. The number of carbonyl (C=O) groups is 2. The molecule has 1 aromatic heterocycles. The van der Waals surface area contributed by atoms with Crippen molar-refractivity contribution in [2.45, 2.75) is 11.8 Å². The number of aromatic carboxylic acids is 1. The van der Waals surface area contributed by atoms with Crippen molar-refractivity contribution in [2.24, 2.45) is 0 Å².